The van der Waals surface area contributed by atoms with Crippen LogP contribution in [0.3, 0.4) is 0 Å². The predicted molar refractivity (Wildman–Crippen MR) is 87.1 cm³/mol. The third kappa shape index (κ3) is 4.34. The lowest BCUT2D eigenvalue weighted by Gasteiger charge is -2.36. The largest absolute Gasteiger partial charge is 0.305 e. The van der Waals surface area contributed by atoms with E-state index in [1.807, 2.05) is 0 Å². The predicted octanol–water partition coefficient (Wildman–Crippen LogP) is 4.39. The lowest BCUT2D eigenvalue weighted by Crippen LogP contribution is -2.43. The summed E-state index contributed by atoms with van der Waals surface area (Å²) in [5, 5.41) is 8.43. The van der Waals surface area contributed by atoms with Gasteiger partial charge in [-0.05, 0) is 53.4 Å². The number of aryl methyl sites for hydroxylation is 2. The molecular formula is C17H33N3. The molecule has 0 aromatic carbocycles. The van der Waals surface area contributed by atoms with E-state index in [0.717, 1.165) is 18.7 Å². The number of hydrogen-bond donors (Lipinski definition) is 1. The standard InChI is InChI=1S/C17H33N3/c1-10-20-14(4)15(13(3)19-20)12(2)18-17(8,9)11-16(5,6)7/h12,18H,10-11H2,1-9H3. The van der Waals surface area contributed by atoms with Crippen LogP contribution in [0.1, 0.15) is 77.9 Å². The fraction of sp³-hybridized carbons (Fsp3) is 0.824. The van der Waals surface area contributed by atoms with Gasteiger partial charge in [-0.25, -0.2) is 0 Å². The van der Waals surface area contributed by atoms with Crippen molar-refractivity contribution in [3.05, 3.63) is 17.0 Å². The molecule has 1 aromatic heterocycles. The highest BCUT2D eigenvalue weighted by Crippen LogP contribution is 2.30. The van der Waals surface area contributed by atoms with Gasteiger partial charge in [-0.15, -0.1) is 0 Å². The van der Waals surface area contributed by atoms with Crippen molar-refractivity contribution < 1.29 is 0 Å². The first-order valence-electron chi connectivity index (χ1n) is 7.78. The fourth-order valence-corrected chi connectivity index (χ4v) is 3.68. The summed E-state index contributed by atoms with van der Waals surface area (Å²) in [6, 6.07) is 0.327. The van der Waals surface area contributed by atoms with E-state index < -0.39 is 0 Å². The van der Waals surface area contributed by atoms with Gasteiger partial charge < -0.3 is 5.32 Å². The topological polar surface area (TPSA) is 29.9 Å². The lowest BCUT2D eigenvalue weighted by molar-refractivity contribution is 0.226. The molecule has 1 aromatic rings. The molecule has 116 valence electrons. The molecular weight excluding hydrogens is 246 g/mol. The van der Waals surface area contributed by atoms with Crippen molar-refractivity contribution in [3.63, 3.8) is 0 Å². The first kappa shape index (κ1) is 17.2. The molecule has 0 saturated heterocycles. The van der Waals surface area contributed by atoms with Crippen molar-refractivity contribution >= 4 is 0 Å². The van der Waals surface area contributed by atoms with Crippen molar-refractivity contribution in [3.8, 4) is 0 Å². The molecule has 3 heteroatoms. The van der Waals surface area contributed by atoms with Crippen LogP contribution in [0.25, 0.3) is 0 Å². The summed E-state index contributed by atoms with van der Waals surface area (Å²) in [6.45, 7) is 21.1. The maximum atomic E-state index is 4.63. The minimum Gasteiger partial charge on any atom is -0.305 e. The summed E-state index contributed by atoms with van der Waals surface area (Å²) in [5.74, 6) is 0. The van der Waals surface area contributed by atoms with E-state index >= 15 is 0 Å². The van der Waals surface area contributed by atoms with E-state index in [-0.39, 0.29) is 5.54 Å². The van der Waals surface area contributed by atoms with E-state index in [9.17, 15) is 0 Å². The Morgan fingerprint density at radius 1 is 1.15 bits per heavy atom. The van der Waals surface area contributed by atoms with E-state index in [1.165, 1.54) is 11.3 Å². The van der Waals surface area contributed by atoms with Gasteiger partial charge in [0.1, 0.15) is 0 Å². The third-order valence-electron chi connectivity index (χ3n) is 3.75. The Balaban J connectivity index is 2.91. The summed E-state index contributed by atoms with van der Waals surface area (Å²) in [4.78, 5) is 0. The molecule has 0 aliphatic carbocycles. The van der Waals surface area contributed by atoms with Crippen molar-refractivity contribution in [1.82, 2.24) is 15.1 Å². The zero-order valence-corrected chi connectivity index (χ0v) is 14.9. The summed E-state index contributed by atoms with van der Waals surface area (Å²) < 4.78 is 2.10. The summed E-state index contributed by atoms with van der Waals surface area (Å²) in [7, 11) is 0. The molecule has 1 N–H and O–H groups in total. The van der Waals surface area contributed by atoms with Gasteiger partial charge in [0.25, 0.3) is 0 Å². The molecule has 20 heavy (non-hydrogen) atoms. The highest BCUT2D eigenvalue weighted by molar-refractivity contribution is 5.28. The van der Waals surface area contributed by atoms with Crippen LogP contribution in [0.5, 0.6) is 0 Å². The maximum Gasteiger partial charge on any atom is 0.0644 e. The minimum atomic E-state index is 0.116. The maximum absolute atomic E-state index is 4.63. The molecule has 0 radical (unpaired) electrons. The Bertz CT molecular complexity index is 450. The van der Waals surface area contributed by atoms with Crippen LogP contribution < -0.4 is 5.32 Å². The molecule has 0 aliphatic heterocycles. The molecule has 0 spiro atoms. The molecule has 0 saturated carbocycles. The van der Waals surface area contributed by atoms with E-state index in [0.29, 0.717) is 11.5 Å². The smallest absolute Gasteiger partial charge is 0.0644 e. The van der Waals surface area contributed by atoms with Crippen LogP contribution in [0.2, 0.25) is 0 Å². The molecule has 0 fully saturated rings. The Labute approximate surface area is 125 Å². The quantitative estimate of drug-likeness (QED) is 0.866. The molecule has 3 nitrogen and oxygen atoms in total. The second kappa shape index (κ2) is 5.88. The van der Waals surface area contributed by atoms with Crippen LogP contribution in [0.4, 0.5) is 0 Å². The zero-order valence-electron chi connectivity index (χ0n) is 14.9. The molecule has 1 rings (SSSR count). The monoisotopic (exact) mass is 279 g/mol. The SMILES string of the molecule is CCn1nc(C)c(C(C)NC(C)(C)CC(C)(C)C)c1C. The van der Waals surface area contributed by atoms with Crippen LogP contribution in [0.15, 0.2) is 0 Å². The molecule has 0 bridgehead atoms. The normalized spacial score (nSPS) is 14.7. The van der Waals surface area contributed by atoms with E-state index in [4.69, 9.17) is 0 Å². The first-order chi connectivity index (χ1) is 8.97. The number of nitrogens with one attached hydrogen (secondary N) is 1. The first-order valence-corrected chi connectivity index (χ1v) is 7.78. The van der Waals surface area contributed by atoms with Gasteiger partial charge in [-0.1, -0.05) is 20.8 Å². The van der Waals surface area contributed by atoms with E-state index in [1.54, 1.807) is 0 Å². The van der Waals surface area contributed by atoms with Crippen molar-refractivity contribution in [1.29, 1.82) is 0 Å². The average Bonchev–Trinajstić information content (AvgIpc) is 2.48. The number of nitrogens with zero attached hydrogens (tertiary/aromatic N) is 2. The summed E-state index contributed by atoms with van der Waals surface area (Å²) >= 11 is 0. The molecule has 1 heterocycles. The summed E-state index contributed by atoms with van der Waals surface area (Å²) in [6.07, 6.45) is 1.14. The minimum absolute atomic E-state index is 0.116. The van der Waals surface area contributed by atoms with Crippen molar-refractivity contribution in [2.24, 2.45) is 5.41 Å². The second-order valence-electron chi connectivity index (χ2n) is 7.89. The molecule has 1 unspecified atom stereocenters. The molecule has 0 aliphatic rings. The van der Waals surface area contributed by atoms with Crippen LogP contribution in [-0.4, -0.2) is 15.3 Å². The average molecular weight is 279 g/mol. The highest BCUT2D eigenvalue weighted by atomic mass is 15.3. The van der Waals surface area contributed by atoms with Crippen molar-refractivity contribution in [2.45, 2.75) is 86.9 Å². The molecule has 0 amide bonds. The van der Waals surface area contributed by atoms with Crippen LogP contribution in [0, 0.1) is 19.3 Å². The second-order valence-corrected chi connectivity index (χ2v) is 7.89. The Morgan fingerprint density at radius 3 is 2.10 bits per heavy atom. The van der Waals surface area contributed by atoms with Crippen LogP contribution >= 0.6 is 0 Å². The van der Waals surface area contributed by atoms with Gasteiger partial charge in [-0.3, -0.25) is 4.68 Å². The Kier molecular flexibility index (Phi) is 5.07. The van der Waals surface area contributed by atoms with Gasteiger partial charge in [0.2, 0.25) is 0 Å². The third-order valence-corrected chi connectivity index (χ3v) is 3.75. The summed E-state index contributed by atoms with van der Waals surface area (Å²) in [5.41, 5.74) is 4.24. The van der Waals surface area contributed by atoms with E-state index in [2.05, 4.69) is 77.4 Å². The number of rotatable bonds is 5. The zero-order chi connectivity index (χ0) is 15.7. The highest BCUT2D eigenvalue weighted by Gasteiger charge is 2.28. The van der Waals surface area contributed by atoms with Gasteiger partial charge in [0, 0.05) is 29.4 Å². The number of aromatic nitrogens is 2. The van der Waals surface area contributed by atoms with Gasteiger partial charge in [0.05, 0.1) is 5.69 Å². The molecule has 1 atom stereocenters. The van der Waals surface area contributed by atoms with Gasteiger partial charge in [-0.2, -0.15) is 5.10 Å². The van der Waals surface area contributed by atoms with Gasteiger partial charge >= 0.3 is 0 Å². The Hall–Kier alpha value is -0.830. The lowest BCUT2D eigenvalue weighted by atomic mass is 9.81. The fourth-order valence-electron chi connectivity index (χ4n) is 3.68. The Morgan fingerprint density at radius 2 is 1.70 bits per heavy atom. The van der Waals surface area contributed by atoms with Crippen molar-refractivity contribution in [2.75, 3.05) is 0 Å². The van der Waals surface area contributed by atoms with Crippen LogP contribution in [-0.2, 0) is 6.54 Å². The number of hydrogen-bond acceptors (Lipinski definition) is 2. The van der Waals surface area contributed by atoms with Gasteiger partial charge in [0.15, 0.2) is 0 Å².